The molecule has 6 heteroatoms. The van der Waals surface area contributed by atoms with Crippen LogP contribution in [0, 0.1) is 12.8 Å². The second-order valence-corrected chi connectivity index (χ2v) is 7.03. The second-order valence-electron chi connectivity index (χ2n) is 7.03. The van der Waals surface area contributed by atoms with Crippen molar-refractivity contribution >= 4 is 23.5 Å². The van der Waals surface area contributed by atoms with Gasteiger partial charge in [0.05, 0.1) is 6.54 Å². The number of amides is 2. The molecule has 1 aliphatic rings. The van der Waals surface area contributed by atoms with E-state index in [1.54, 1.807) is 0 Å². The fourth-order valence-corrected chi connectivity index (χ4v) is 3.08. The van der Waals surface area contributed by atoms with E-state index < -0.39 is 0 Å². The Hall–Kier alpha value is -2.37. The van der Waals surface area contributed by atoms with Gasteiger partial charge in [-0.3, -0.25) is 14.4 Å². The van der Waals surface area contributed by atoms with Gasteiger partial charge in [-0.2, -0.15) is 0 Å². The number of benzene rings is 1. The van der Waals surface area contributed by atoms with Crippen LogP contribution in [0.3, 0.4) is 0 Å². The summed E-state index contributed by atoms with van der Waals surface area (Å²) in [6.45, 7) is 1.56. The fraction of sp³-hybridized carbons (Fsp3) is 0.550. The maximum Gasteiger partial charge on any atom is 0.306 e. The van der Waals surface area contributed by atoms with Crippen LogP contribution in [0.25, 0.3) is 0 Å². The summed E-state index contributed by atoms with van der Waals surface area (Å²) in [6.07, 6.45) is 6.06. The van der Waals surface area contributed by atoms with Gasteiger partial charge in [-0.15, -0.1) is 0 Å². The van der Waals surface area contributed by atoms with Gasteiger partial charge in [0.25, 0.3) is 5.91 Å². The molecule has 0 unspecified atom stereocenters. The van der Waals surface area contributed by atoms with Crippen molar-refractivity contribution in [2.24, 2.45) is 5.92 Å². The number of hydrogen-bond donors (Lipinski definition) is 1. The first-order valence-electron chi connectivity index (χ1n) is 9.20. The molecule has 6 nitrogen and oxygen atoms in total. The van der Waals surface area contributed by atoms with E-state index in [1.165, 1.54) is 18.4 Å². The van der Waals surface area contributed by atoms with Crippen LogP contribution in [-0.2, 0) is 19.1 Å². The largest absolute Gasteiger partial charge is 0.456 e. The number of carbonyl (C=O) groups excluding carboxylic acids is 3. The van der Waals surface area contributed by atoms with Crippen molar-refractivity contribution in [3.05, 3.63) is 29.8 Å². The Labute approximate surface area is 154 Å². The van der Waals surface area contributed by atoms with Crippen LogP contribution in [0.5, 0.6) is 0 Å². The predicted molar refractivity (Wildman–Crippen MR) is 99.6 cm³/mol. The molecule has 1 aliphatic carbocycles. The van der Waals surface area contributed by atoms with E-state index in [4.69, 9.17) is 4.74 Å². The molecule has 1 fully saturated rings. The maximum absolute atomic E-state index is 12.0. The molecule has 1 aromatic carbocycles. The molecule has 0 aromatic heterocycles. The number of carbonyl (C=O) groups is 3. The number of nitrogens with zero attached hydrogens (tertiary/aromatic N) is 1. The van der Waals surface area contributed by atoms with Crippen LogP contribution in [0.2, 0.25) is 0 Å². The van der Waals surface area contributed by atoms with Gasteiger partial charge in [0.15, 0.2) is 6.61 Å². The molecule has 2 amide bonds. The molecular weight excluding hydrogens is 332 g/mol. The van der Waals surface area contributed by atoms with E-state index in [0.29, 0.717) is 18.0 Å². The molecule has 1 saturated carbocycles. The molecule has 0 atom stereocenters. The topological polar surface area (TPSA) is 75.7 Å². The van der Waals surface area contributed by atoms with Gasteiger partial charge in [-0.05, 0) is 37.8 Å². The highest BCUT2D eigenvalue weighted by Gasteiger charge is 2.20. The second kappa shape index (κ2) is 9.94. The van der Waals surface area contributed by atoms with Crippen LogP contribution in [0.4, 0.5) is 5.69 Å². The molecule has 0 heterocycles. The highest BCUT2D eigenvalue weighted by Crippen LogP contribution is 2.26. The number of likely N-dealkylation sites (N-methyl/N-ethyl adjacent to an activating group) is 1. The van der Waals surface area contributed by atoms with Crippen molar-refractivity contribution in [2.45, 2.75) is 45.4 Å². The zero-order valence-corrected chi connectivity index (χ0v) is 15.6. The maximum atomic E-state index is 12.0. The lowest BCUT2D eigenvalue weighted by atomic mass is 9.87. The lowest BCUT2D eigenvalue weighted by molar-refractivity contribution is -0.152. The molecule has 0 bridgehead atoms. The molecule has 2 rings (SSSR count). The zero-order valence-electron chi connectivity index (χ0n) is 15.6. The minimum absolute atomic E-state index is 0.0904. The summed E-state index contributed by atoms with van der Waals surface area (Å²) in [6, 6.07) is 7.41. The van der Waals surface area contributed by atoms with Crippen LogP contribution in [-0.4, -0.2) is 42.9 Å². The minimum Gasteiger partial charge on any atom is -0.456 e. The fourth-order valence-electron chi connectivity index (χ4n) is 3.08. The summed E-state index contributed by atoms with van der Waals surface area (Å²) < 4.78 is 5.08. The molecule has 1 aromatic rings. The Kier molecular flexibility index (Phi) is 7.63. The summed E-state index contributed by atoms with van der Waals surface area (Å²) in [7, 11) is 1.52. The molecule has 0 saturated heterocycles. The highest BCUT2D eigenvalue weighted by atomic mass is 16.5. The smallest absolute Gasteiger partial charge is 0.306 e. The van der Waals surface area contributed by atoms with Crippen LogP contribution in [0.1, 0.15) is 44.1 Å². The van der Waals surface area contributed by atoms with E-state index in [9.17, 15) is 14.4 Å². The number of nitrogens with one attached hydrogen (secondary N) is 1. The van der Waals surface area contributed by atoms with E-state index in [2.05, 4.69) is 5.32 Å². The highest BCUT2D eigenvalue weighted by molar-refractivity contribution is 5.94. The molecule has 26 heavy (non-hydrogen) atoms. The first-order valence-corrected chi connectivity index (χ1v) is 9.20. The van der Waals surface area contributed by atoms with Crippen molar-refractivity contribution in [3.63, 3.8) is 0 Å². The van der Waals surface area contributed by atoms with Crippen LogP contribution >= 0.6 is 0 Å². The average Bonchev–Trinajstić information content (AvgIpc) is 2.62. The van der Waals surface area contributed by atoms with Gasteiger partial charge in [-0.1, -0.05) is 37.0 Å². The van der Waals surface area contributed by atoms with Crippen LogP contribution < -0.4 is 5.32 Å². The van der Waals surface area contributed by atoms with E-state index in [-0.39, 0.29) is 30.9 Å². The van der Waals surface area contributed by atoms with E-state index >= 15 is 0 Å². The monoisotopic (exact) mass is 360 g/mol. The molecule has 0 spiro atoms. The third kappa shape index (κ3) is 6.86. The van der Waals surface area contributed by atoms with Crippen molar-refractivity contribution in [3.8, 4) is 0 Å². The number of anilines is 1. The summed E-state index contributed by atoms with van der Waals surface area (Å²) in [5.74, 6) is -0.633. The molecule has 142 valence electrons. The third-order valence-corrected chi connectivity index (χ3v) is 4.68. The number of rotatable bonds is 7. The van der Waals surface area contributed by atoms with Crippen molar-refractivity contribution in [1.29, 1.82) is 0 Å². The minimum atomic E-state index is -0.388. The predicted octanol–water partition coefficient (Wildman–Crippen LogP) is 2.91. The Morgan fingerprint density at radius 1 is 1.12 bits per heavy atom. The Morgan fingerprint density at radius 3 is 2.42 bits per heavy atom. The zero-order chi connectivity index (χ0) is 18.9. The lowest BCUT2D eigenvalue weighted by Gasteiger charge is -2.21. The number of aryl methyl sites for hydroxylation is 1. The average molecular weight is 360 g/mol. The summed E-state index contributed by atoms with van der Waals surface area (Å²) >= 11 is 0. The lowest BCUT2D eigenvalue weighted by Crippen LogP contribution is -2.37. The number of ether oxygens (including phenoxy) is 1. The SMILES string of the molecule is Cc1ccc(NC(=O)CN(C)C(=O)COC(=O)CC2CCCCC2)cc1. The Balaban J connectivity index is 1.68. The van der Waals surface area contributed by atoms with Gasteiger partial charge < -0.3 is 15.0 Å². The normalized spacial score (nSPS) is 14.5. The summed E-state index contributed by atoms with van der Waals surface area (Å²) in [4.78, 5) is 37.2. The van der Waals surface area contributed by atoms with Crippen LogP contribution in [0.15, 0.2) is 24.3 Å². The summed E-state index contributed by atoms with van der Waals surface area (Å²) in [5, 5.41) is 2.73. The first kappa shape index (κ1) is 19.9. The van der Waals surface area contributed by atoms with E-state index in [1.807, 2.05) is 31.2 Å². The van der Waals surface area contributed by atoms with Gasteiger partial charge in [0.2, 0.25) is 5.91 Å². The molecule has 0 aliphatic heterocycles. The van der Waals surface area contributed by atoms with Gasteiger partial charge in [0.1, 0.15) is 0 Å². The van der Waals surface area contributed by atoms with Gasteiger partial charge in [-0.25, -0.2) is 0 Å². The number of esters is 1. The third-order valence-electron chi connectivity index (χ3n) is 4.68. The quantitative estimate of drug-likeness (QED) is 0.759. The Bertz CT molecular complexity index is 621. The van der Waals surface area contributed by atoms with Crippen molar-refractivity contribution in [1.82, 2.24) is 4.90 Å². The summed E-state index contributed by atoms with van der Waals surface area (Å²) in [5.41, 5.74) is 1.78. The molecule has 0 radical (unpaired) electrons. The van der Waals surface area contributed by atoms with Gasteiger partial charge in [0, 0.05) is 19.2 Å². The number of hydrogen-bond acceptors (Lipinski definition) is 4. The first-order chi connectivity index (χ1) is 12.4. The standard InChI is InChI=1S/C20H28N2O4/c1-15-8-10-17(11-9-15)21-18(23)13-22(2)19(24)14-26-20(25)12-16-6-4-3-5-7-16/h8-11,16H,3-7,12-14H2,1-2H3,(H,21,23). The van der Waals surface area contributed by atoms with Gasteiger partial charge >= 0.3 is 5.97 Å². The van der Waals surface area contributed by atoms with Crippen molar-refractivity contribution < 1.29 is 19.1 Å². The van der Waals surface area contributed by atoms with E-state index in [0.717, 1.165) is 31.2 Å². The Morgan fingerprint density at radius 2 is 1.77 bits per heavy atom. The molecular formula is C20H28N2O4. The molecule has 1 N–H and O–H groups in total. The van der Waals surface area contributed by atoms with Crippen molar-refractivity contribution in [2.75, 3.05) is 25.5 Å².